The van der Waals surface area contributed by atoms with E-state index in [1.54, 1.807) is 14.1 Å². The first-order valence-corrected chi connectivity index (χ1v) is 4.30. The van der Waals surface area contributed by atoms with E-state index in [-0.39, 0.29) is 11.4 Å². The van der Waals surface area contributed by atoms with E-state index in [4.69, 9.17) is 4.84 Å². The van der Waals surface area contributed by atoms with Crippen LogP contribution in [0.3, 0.4) is 0 Å². The van der Waals surface area contributed by atoms with Gasteiger partial charge in [0, 0.05) is 19.7 Å². The molecule has 0 atom stereocenters. The molecule has 0 N–H and O–H groups in total. The molecule has 0 spiro atoms. The largest absolute Gasteiger partial charge is 0.365 e. The number of hydroxylamine groups is 2. The zero-order valence-corrected chi connectivity index (χ0v) is 9.18. The highest BCUT2D eigenvalue weighted by Crippen LogP contribution is 2.23. The highest BCUT2D eigenvalue weighted by atomic mass is 16.7. The molecule has 0 fully saturated rings. The Morgan fingerprint density at radius 2 is 1.85 bits per heavy atom. The Hall–Kier alpha value is -0.830. The maximum atomic E-state index is 11.3. The van der Waals surface area contributed by atoms with Crippen molar-refractivity contribution in [2.24, 2.45) is 5.41 Å². The molecule has 0 saturated carbocycles. The van der Waals surface area contributed by atoms with E-state index in [1.165, 1.54) is 5.06 Å². The van der Waals surface area contributed by atoms with Crippen LogP contribution in [0.25, 0.3) is 0 Å². The number of carbonyl (C=O) groups is 1. The van der Waals surface area contributed by atoms with Crippen molar-refractivity contribution >= 4 is 5.97 Å². The summed E-state index contributed by atoms with van der Waals surface area (Å²) in [6.45, 7) is 9.86. The van der Waals surface area contributed by atoms with E-state index in [1.807, 2.05) is 0 Å². The molecule has 0 unspecified atom stereocenters. The lowest BCUT2D eigenvalue weighted by molar-refractivity contribution is -0.173. The van der Waals surface area contributed by atoms with Crippen LogP contribution in [0.15, 0.2) is 12.2 Å². The predicted molar refractivity (Wildman–Crippen MR) is 53.0 cm³/mol. The van der Waals surface area contributed by atoms with Crippen molar-refractivity contribution < 1.29 is 9.63 Å². The molecule has 0 aromatic rings. The van der Waals surface area contributed by atoms with Gasteiger partial charge in [0.25, 0.3) is 0 Å². The van der Waals surface area contributed by atoms with E-state index < -0.39 is 0 Å². The van der Waals surface area contributed by atoms with Gasteiger partial charge in [-0.2, -0.15) is 0 Å². The van der Waals surface area contributed by atoms with Gasteiger partial charge in [0.2, 0.25) is 0 Å². The Labute approximate surface area is 80.3 Å². The van der Waals surface area contributed by atoms with Crippen LogP contribution < -0.4 is 0 Å². The summed E-state index contributed by atoms with van der Waals surface area (Å²) in [5.74, 6) is -0.347. The first-order chi connectivity index (χ1) is 5.72. The number of rotatable bonds is 3. The standard InChI is InChI=1S/C10H19NO2/c1-8(7-10(2,3)4)9(12)13-11(5)6/h1,7H2,2-6H3. The van der Waals surface area contributed by atoms with Crippen LogP contribution in [0.4, 0.5) is 0 Å². The summed E-state index contributed by atoms with van der Waals surface area (Å²) in [5, 5.41) is 1.37. The van der Waals surface area contributed by atoms with Gasteiger partial charge in [-0.1, -0.05) is 27.4 Å². The molecule has 0 aliphatic rings. The van der Waals surface area contributed by atoms with Crippen molar-refractivity contribution in [3.63, 3.8) is 0 Å². The fraction of sp³-hybridized carbons (Fsp3) is 0.700. The summed E-state index contributed by atoms with van der Waals surface area (Å²) in [5.41, 5.74) is 0.587. The van der Waals surface area contributed by atoms with Crippen molar-refractivity contribution in [1.82, 2.24) is 5.06 Å². The second-order valence-corrected chi connectivity index (χ2v) is 4.53. The van der Waals surface area contributed by atoms with Gasteiger partial charge >= 0.3 is 5.97 Å². The molecule has 3 heteroatoms. The monoisotopic (exact) mass is 185 g/mol. The van der Waals surface area contributed by atoms with Gasteiger partial charge in [0.05, 0.1) is 0 Å². The lowest BCUT2D eigenvalue weighted by Gasteiger charge is -2.19. The Kier molecular flexibility index (Phi) is 4.14. The van der Waals surface area contributed by atoms with Crippen LogP contribution in [0.5, 0.6) is 0 Å². The molecule has 13 heavy (non-hydrogen) atoms. The topological polar surface area (TPSA) is 29.5 Å². The third kappa shape index (κ3) is 6.34. The second-order valence-electron chi connectivity index (χ2n) is 4.53. The van der Waals surface area contributed by atoms with E-state index in [0.717, 1.165) is 0 Å². The van der Waals surface area contributed by atoms with E-state index in [9.17, 15) is 4.79 Å². The van der Waals surface area contributed by atoms with Crippen LogP contribution in [0, 0.1) is 5.41 Å². The average Bonchev–Trinajstić information content (AvgIpc) is 1.81. The molecule has 0 aromatic heterocycles. The number of hydrogen-bond donors (Lipinski definition) is 0. The van der Waals surface area contributed by atoms with E-state index in [0.29, 0.717) is 12.0 Å². The Balaban J connectivity index is 4.06. The van der Waals surface area contributed by atoms with Gasteiger partial charge in [0.15, 0.2) is 0 Å². The van der Waals surface area contributed by atoms with E-state index >= 15 is 0 Å². The molecule has 0 amide bonds. The van der Waals surface area contributed by atoms with Gasteiger partial charge in [-0.15, -0.1) is 5.06 Å². The molecule has 0 radical (unpaired) electrons. The van der Waals surface area contributed by atoms with Gasteiger partial charge in [-0.25, -0.2) is 4.79 Å². The van der Waals surface area contributed by atoms with Crippen LogP contribution in [-0.2, 0) is 9.63 Å². The maximum absolute atomic E-state index is 11.3. The quantitative estimate of drug-likeness (QED) is 0.497. The highest BCUT2D eigenvalue weighted by molar-refractivity contribution is 5.87. The van der Waals surface area contributed by atoms with Crippen molar-refractivity contribution in [3.05, 3.63) is 12.2 Å². The van der Waals surface area contributed by atoms with Gasteiger partial charge in [-0.05, 0) is 11.8 Å². The summed E-state index contributed by atoms with van der Waals surface area (Å²) in [6, 6.07) is 0. The van der Waals surface area contributed by atoms with Gasteiger partial charge < -0.3 is 4.84 Å². The van der Waals surface area contributed by atoms with Crippen LogP contribution in [-0.4, -0.2) is 25.1 Å². The number of carbonyl (C=O) groups excluding carboxylic acids is 1. The molecule has 0 aromatic carbocycles. The van der Waals surface area contributed by atoms with Crippen molar-refractivity contribution in [1.29, 1.82) is 0 Å². The molecule has 0 rings (SSSR count). The zero-order chi connectivity index (χ0) is 10.6. The average molecular weight is 185 g/mol. The van der Waals surface area contributed by atoms with Crippen molar-refractivity contribution in [2.45, 2.75) is 27.2 Å². The molecule has 3 nitrogen and oxygen atoms in total. The third-order valence-electron chi connectivity index (χ3n) is 1.30. The maximum Gasteiger partial charge on any atom is 0.352 e. The minimum atomic E-state index is -0.347. The van der Waals surface area contributed by atoms with Crippen molar-refractivity contribution in [2.75, 3.05) is 14.1 Å². The van der Waals surface area contributed by atoms with Crippen LogP contribution >= 0.6 is 0 Å². The first kappa shape index (κ1) is 12.2. The third-order valence-corrected chi connectivity index (χ3v) is 1.30. The Bertz CT molecular complexity index is 201. The summed E-state index contributed by atoms with van der Waals surface area (Å²) in [7, 11) is 3.34. The molecule has 0 aliphatic heterocycles. The zero-order valence-electron chi connectivity index (χ0n) is 9.18. The highest BCUT2D eigenvalue weighted by Gasteiger charge is 2.18. The van der Waals surface area contributed by atoms with Gasteiger partial charge in [0.1, 0.15) is 0 Å². The summed E-state index contributed by atoms with van der Waals surface area (Å²) in [4.78, 5) is 16.1. The normalized spacial score (nSPS) is 11.5. The molecular formula is C10H19NO2. The van der Waals surface area contributed by atoms with E-state index in [2.05, 4.69) is 27.4 Å². The van der Waals surface area contributed by atoms with Crippen LogP contribution in [0.1, 0.15) is 27.2 Å². The predicted octanol–water partition coefficient (Wildman–Crippen LogP) is 2.00. The molecule has 0 saturated heterocycles. The molecular weight excluding hydrogens is 166 g/mol. The fourth-order valence-electron chi connectivity index (χ4n) is 0.943. The fourth-order valence-corrected chi connectivity index (χ4v) is 0.943. The first-order valence-electron chi connectivity index (χ1n) is 4.30. The minimum absolute atomic E-state index is 0.0718. The SMILES string of the molecule is C=C(CC(C)(C)C)C(=O)ON(C)C. The molecule has 0 bridgehead atoms. The number of hydrogen-bond acceptors (Lipinski definition) is 3. The minimum Gasteiger partial charge on any atom is -0.365 e. The lowest BCUT2D eigenvalue weighted by atomic mass is 9.88. The Morgan fingerprint density at radius 3 is 2.15 bits per heavy atom. The number of nitrogens with zero attached hydrogens (tertiary/aromatic N) is 1. The lowest BCUT2D eigenvalue weighted by Crippen LogP contribution is -2.21. The summed E-state index contributed by atoms with van der Waals surface area (Å²) < 4.78 is 0. The molecule has 0 aliphatic carbocycles. The van der Waals surface area contributed by atoms with Crippen LogP contribution in [0.2, 0.25) is 0 Å². The smallest absolute Gasteiger partial charge is 0.352 e. The molecule has 0 heterocycles. The van der Waals surface area contributed by atoms with Gasteiger partial charge in [-0.3, -0.25) is 0 Å². The summed E-state index contributed by atoms with van der Waals surface area (Å²) in [6.07, 6.45) is 0.652. The Morgan fingerprint density at radius 1 is 1.38 bits per heavy atom. The summed E-state index contributed by atoms with van der Waals surface area (Å²) >= 11 is 0. The van der Waals surface area contributed by atoms with Crippen molar-refractivity contribution in [3.8, 4) is 0 Å². The molecule has 76 valence electrons. The second kappa shape index (κ2) is 4.42.